The van der Waals surface area contributed by atoms with Gasteiger partial charge in [0.25, 0.3) is 0 Å². The van der Waals surface area contributed by atoms with E-state index in [9.17, 15) is 14.7 Å². The minimum Gasteiger partial charge on any atom is -0.480 e. The van der Waals surface area contributed by atoms with Gasteiger partial charge in [-0.25, -0.2) is 9.59 Å². The Hall–Kier alpha value is -1.30. The van der Waals surface area contributed by atoms with Crippen LogP contribution in [0.4, 0.5) is 4.79 Å². The van der Waals surface area contributed by atoms with Crippen LogP contribution < -0.4 is 0 Å². The maximum atomic E-state index is 12.0. The summed E-state index contributed by atoms with van der Waals surface area (Å²) in [6, 6.07) is -1.08. The number of carbonyl (C=O) groups excluding carboxylic acids is 1. The van der Waals surface area contributed by atoms with Crippen LogP contribution in [-0.2, 0) is 9.53 Å². The van der Waals surface area contributed by atoms with E-state index in [1.807, 2.05) is 0 Å². The summed E-state index contributed by atoms with van der Waals surface area (Å²) in [5, 5.41) is 18.5. The molecule has 102 valence electrons. The van der Waals surface area contributed by atoms with Crippen LogP contribution in [0, 0.1) is 5.41 Å². The Morgan fingerprint density at radius 3 is 2.44 bits per heavy atom. The first-order valence-corrected chi connectivity index (χ1v) is 6.05. The number of aliphatic hydroxyl groups excluding tert-OH is 1. The van der Waals surface area contributed by atoms with Gasteiger partial charge in [-0.1, -0.05) is 0 Å². The molecule has 1 amide bonds. The van der Waals surface area contributed by atoms with Gasteiger partial charge in [-0.3, -0.25) is 4.90 Å². The molecule has 1 aliphatic heterocycles. The number of hydrogen-bond donors (Lipinski definition) is 2. The van der Waals surface area contributed by atoms with Gasteiger partial charge in [0.05, 0.1) is 6.61 Å². The van der Waals surface area contributed by atoms with Crippen molar-refractivity contribution in [1.82, 2.24) is 4.90 Å². The number of aliphatic carboxylic acids is 1. The summed E-state index contributed by atoms with van der Waals surface area (Å²) in [4.78, 5) is 24.5. The second kappa shape index (κ2) is 3.85. The lowest BCUT2D eigenvalue weighted by molar-refractivity contribution is -0.142. The molecule has 0 bridgehead atoms. The van der Waals surface area contributed by atoms with Crippen LogP contribution in [0.3, 0.4) is 0 Å². The van der Waals surface area contributed by atoms with Crippen molar-refractivity contribution in [3.8, 4) is 0 Å². The first kappa shape index (κ1) is 13.1. The molecule has 1 saturated carbocycles. The lowest BCUT2D eigenvalue weighted by Crippen LogP contribution is -2.45. The van der Waals surface area contributed by atoms with Gasteiger partial charge in [0.2, 0.25) is 0 Å². The quantitative estimate of drug-likeness (QED) is 0.765. The first-order valence-electron chi connectivity index (χ1n) is 6.05. The Morgan fingerprint density at radius 1 is 1.39 bits per heavy atom. The number of hydrogen-bond acceptors (Lipinski definition) is 4. The summed E-state index contributed by atoms with van der Waals surface area (Å²) in [6.07, 6.45) is 0.364. The first-order chi connectivity index (χ1) is 8.20. The van der Waals surface area contributed by atoms with E-state index in [1.165, 1.54) is 4.90 Å². The molecule has 18 heavy (non-hydrogen) atoms. The highest BCUT2D eigenvalue weighted by Gasteiger charge is 2.67. The van der Waals surface area contributed by atoms with Crippen molar-refractivity contribution >= 4 is 12.1 Å². The number of ether oxygens (including phenoxy) is 1. The van der Waals surface area contributed by atoms with Crippen LogP contribution in [0.5, 0.6) is 0 Å². The average Bonchev–Trinajstić information content (AvgIpc) is 2.82. The molecule has 0 aromatic heterocycles. The molecule has 2 rings (SSSR count). The van der Waals surface area contributed by atoms with Crippen LogP contribution in [0.2, 0.25) is 0 Å². The molecule has 2 aliphatic rings. The van der Waals surface area contributed by atoms with Gasteiger partial charge in [-0.15, -0.1) is 0 Å². The van der Waals surface area contributed by atoms with Crippen molar-refractivity contribution in [2.75, 3.05) is 6.61 Å². The molecule has 2 unspecified atom stereocenters. The van der Waals surface area contributed by atoms with Crippen molar-refractivity contribution in [2.24, 2.45) is 5.41 Å². The maximum Gasteiger partial charge on any atom is 0.411 e. The molecular formula is C12H19NO5. The molecule has 0 aromatic carbocycles. The second-order valence-electron chi connectivity index (χ2n) is 6.19. The fourth-order valence-corrected chi connectivity index (χ4v) is 2.65. The molecule has 2 fully saturated rings. The zero-order valence-electron chi connectivity index (χ0n) is 10.8. The van der Waals surface area contributed by atoms with E-state index in [0.717, 1.165) is 0 Å². The Morgan fingerprint density at radius 2 is 2.00 bits per heavy atom. The standard InChI is InChI=1S/C12H19NO5/c1-11(2,3)18-10(17)13-7(9(15)16)4-12(6-14)5-8(12)13/h7-8,14H,4-6H2,1-3H3,(H,15,16)/t7?,8?,12-/m1/s1. The smallest absolute Gasteiger partial charge is 0.411 e. The summed E-state index contributed by atoms with van der Waals surface area (Å²) >= 11 is 0. The number of carbonyl (C=O) groups is 2. The highest BCUT2D eigenvalue weighted by atomic mass is 16.6. The van der Waals surface area contributed by atoms with Crippen molar-refractivity contribution in [3.05, 3.63) is 0 Å². The molecule has 2 N–H and O–H groups in total. The maximum absolute atomic E-state index is 12.0. The molecule has 6 nitrogen and oxygen atoms in total. The van der Waals surface area contributed by atoms with Gasteiger partial charge in [0, 0.05) is 11.5 Å². The Bertz CT molecular complexity index is 388. The topological polar surface area (TPSA) is 87.1 Å². The number of carboxylic acids is 1. The minimum atomic E-state index is -1.04. The van der Waals surface area contributed by atoms with Crippen LogP contribution >= 0.6 is 0 Å². The van der Waals surface area contributed by atoms with Gasteiger partial charge in [0.1, 0.15) is 11.6 Å². The van der Waals surface area contributed by atoms with Gasteiger partial charge >= 0.3 is 12.1 Å². The number of piperidine rings is 1. The van der Waals surface area contributed by atoms with E-state index in [0.29, 0.717) is 12.8 Å². The second-order valence-corrected chi connectivity index (χ2v) is 6.19. The van der Waals surface area contributed by atoms with Crippen LogP contribution in [0.1, 0.15) is 33.6 Å². The highest BCUT2D eigenvalue weighted by Crippen LogP contribution is 2.59. The summed E-state index contributed by atoms with van der Waals surface area (Å²) in [5.74, 6) is -1.04. The van der Waals surface area contributed by atoms with Crippen molar-refractivity contribution < 1.29 is 24.5 Å². The minimum absolute atomic E-state index is 0.0826. The average molecular weight is 257 g/mol. The molecule has 0 spiro atoms. The van der Waals surface area contributed by atoms with Gasteiger partial charge in [-0.05, 0) is 33.6 Å². The largest absolute Gasteiger partial charge is 0.480 e. The zero-order valence-corrected chi connectivity index (χ0v) is 10.8. The molecular weight excluding hydrogens is 238 g/mol. The van der Waals surface area contributed by atoms with E-state index in [4.69, 9.17) is 9.84 Å². The molecule has 1 heterocycles. The van der Waals surface area contributed by atoms with Crippen LogP contribution in [0.15, 0.2) is 0 Å². The SMILES string of the molecule is CC(C)(C)OC(=O)N1C(C(=O)O)C[C@]2(CO)CC12. The van der Waals surface area contributed by atoms with E-state index in [-0.39, 0.29) is 12.6 Å². The van der Waals surface area contributed by atoms with E-state index < -0.39 is 29.1 Å². The molecule has 0 aromatic rings. The zero-order chi connectivity index (χ0) is 13.7. The fraction of sp³-hybridized carbons (Fsp3) is 0.833. The van der Waals surface area contributed by atoms with E-state index in [2.05, 4.69) is 0 Å². The molecule has 0 radical (unpaired) electrons. The summed E-state index contributed by atoms with van der Waals surface area (Å²) in [7, 11) is 0. The van der Waals surface area contributed by atoms with Crippen molar-refractivity contribution in [1.29, 1.82) is 0 Å². The normalized spacial score (nSPS) is 34.1. The number of aliphatic hydroxyl groups is 1. The predicted octanol–water partition coefficient (Wildman–Crippen LogP) is 0.831. The molecule has 1 aliphatic carbocycles. The van der Waals surface area contributed by atoms with Gasteiger partial charge in [0.15, 0.2) is 0 Å². The molecule has 6 heteroatoms. The Balaban J connectivity index is 2.15. The third kappa shape index (κ3) is 2.05. The summed E-state index contributed by atoms with van der Waals surface area (Å²) in [6.45, 7) is 5.13. The number of amides is 1. The Labute approximate surface area is 106 Å². The van der Waals surface area contributed by atoms with E-state index >= 15 is 0 Å². The number of fused-ring (bicyclic) bond motifs is 1. The van der Waals surface area contributed by atoms with Crippen molar-refractivity contribution in [3.63, 3.8) is 0 Å². The van der Waals surface area contributed by atoms with Crippen LogP contribution in [-0.4, -0.2) is 51.5 Å². The van der Waals surface area contributed by atoms with Crippen molar-refractivity contribution in [2.45, 2.75) is 51.3 Å². The van der Waals surface area contributed by atoms with Gasteiger partial charge in [-0.2, -0.15) is 0 Å². The summed E-state index contributed by atoms with van der Waals surface area (Å²) < 4.78 is 5.23. The lowest BCUT2D eigenvalue weighted by atomic mass is 10.0. The van der Waals surface area contributed by atoms with E-state index in [1.54, 1.807) is 20.8 Å². The van der Waals surface area contributed by atoms with Crippen LogP contribution in [0.25, 0.3) is 0 Å². The fourth-order valence-electron chi connectivity index (χ4n) is 2.65. The Kier molecular flexibility index (Phi) is 2.81. The summed E-state index contributed by atoms with van der Waals surface area (Å²) in [5.41, 5.74) is -1.07. The number of rotatable bonds is 2. The lowest BCUT2D eigenvalue weighted by Gasteiger charge is -2.28. The third-order valence-corrected chi connectivity index (χ3v) is 3.62. The number of nitrogens with zero attached hydrogens (tertiary/aromatic N) is 1. The molecule has 1 saturated heterocycles. The molecule has 3 atom stereocenters. The van der Waals surface area contributed by atoms with Gasteiger partial charge < -0.3 is 14.9 Å². The number of carboxylic acid groups (broad SMARTS) is 1. The highest BCUT2D eigenvalue weighted by molar-refractivity contribution is 5.82. The number of likely N-dealkylation sites (tertiary alicyclic amines) is 1. The third-order valence-electron chi connectivity index (χ3n) is 3.62. The predicted molar refractivity (Wildman–Crippen MR) is 62.0 cm³/mol. The monoisotopic (exact) mass is 257 g/mol.